The summed E-state index contributed by atoms with van der Waals surface area (Å²) in [5.74, 6) is 1.71. The Morgan fingerprint density at radius 3 is 2.87 bits per heavy atom. The molecule has 3 aliphatic heterocycles. The van der Waals surface area contributed by atoms with Crippen molar-refractivity contribution in [2.45, 2.75) is 6.92 Å². The summed E-state index contributed by atoms with van der Waals surface area (Å²) in [6.07, 6.45) is 3.22. The van der Waals surface area contributed by atoms with Crippen LogP contribution in [-0.4, -0.2) is 35.9 Å². The van der Waals surface area contributed by atoms with Crippen LogP contribution in [0.5, 0.6) is 11.5 Å². The number of nitrogens with zero attached hydrogens (tertiary/aromatic N) is 2. The lowest BCUT2D eigenvalue weighted by Gasteiger charge is -2.23. The number of carbonyl (C=O) groups excluding carboxylic acids is 1. The first-order valence-corrected chi connectivity index (χ1v) is 7.11. The highest BCUT2D eigenvalue weighted by atomic mass is 16.7. The van der Waals surface area contributed by atoms with Gasteiger partial charge in [0.2, 0.25) is 0 Å². The number of fused-ring (bicyclic) bond motifs is 2. The molecule has 0 saturated heterocycles. The topological polar surface area (TPSA) is 84.2 Å². The molecule has 0 fully saturated rings. The zero-order valence-corrected chi connectivity index (χ0v) is 12.3. The quantitative estimate of drug-likeness (QED) is 0.801. The summed E-state index contributed by atoms with van der Waals surface area (Å²) < 4.78 is 11.0. The van der Waals surface area contributed by atoms with Gasteiger partial charge in [0.1, 0.15) is 19.0 Å². The normalized spacial score (nSPS) is 20.9. The number of amides is 1. The van der Waals surface area contributed by atoms with Crippen molar-refractivity contribution >= 4 is 23.7 Å². The van der Waals surface area contributed by atoms with E-state index in [0.717, 1.165) is 5.56 Å². The van der Waals surface area contributed by atoms with Crippen molar-refractivity contribution < 1.29 is 19.1 Å². The van der Waals surface area contributed by atoms with Crippen molar-refractivity contribution in [2.24, 2.45) is 4.99 Å². The van der Waals surface area contributed by atoms with E-state index in [1.807, 2.05) is 0 Å². The Morgan fingerprint density at radius 2 is 2.04 bits per heavy atom. The first kappa shape index (κ1) is 13.6. The third-order valence-corrected chi connectivity index (χ3v) is 3.56. The molecule has 7 nitrogen and oxygen atoms in total. The first-order valence-electron chi connectivity index (χ1n) is 7.11. The second-order valence-corrected chi connectivity index (χ2v) is 5.23. The molecule has 0 unspecified atom stereocenters. The molecule has 1 aromatic carbocycles. The van der Waals surface area contributed by atoms with E-state index in [0.29, 0.717) is 36.3 Å². The number of hydroxylamine groups is 2. The van der Waals surface area contributed by atoms with Crippen LogP contribution in [0.15, 0.2) is 40.6 Å². The molecular formula is C16H13N3O4. The van der Waals surface area contributed by atoms with Gasteiger partial charge in [-0.15, -0.1) is 5.06 Å². The lowest BCUT2D eigenvalue weighted by molar-refractivity contribution is -0.114. The average Bonchev–Trinajstić information content (AvgIpc) is 2.92. The van der Waals surface area contributed by atoms with Gasteiger partial charge in [-0.1, -0.05) is 6.07 Å². The van der Waals surface area contributed by atoms with Gasteiger partial charge in [0.15, 0.2) is 23.2 Å². The maximum absolute atomic E-state index is 12.2. The van der Waals surface area contributed by atoms with Crippen LogP contribution in [-0.2, 0) is 9.63 Å². The number of allylic oxidation sites excluding steroid dienone is 1. The Labute approximate surface area is 131 Å². The molecule has 7 heteroatoms. The van der Waals surface area contributed by atoms with Crippen molar-refractivity contribution in [3.05, 3.63) is 41.2 Å². The lowest BCUT2D eigenvalue weighted by Crippen LogP contribution is -2.38. The highest BCUT2D eigenvalue weighted by Gasteiger charge is 2.34. The summed E-state index contributed by atoms with van der Waals surface area (Å²) in [5.41, 5.74) is 0.887. The van der Waals surface area contributed by atoms with Gasteiger partial charge in [-0.25, -0.2) is 0 Å². The van der Waals surface area contributed by atoms with Crippen LogP contribution in [0, 0.1) is 5.41 Å². The molecule has 0 bridgehead atoms. The first-order chi connectivity index (χ1) is 11.1. The van der Waals surface area contributed by atoms with Gasteiger partial charge in [-0.05, 0) is 30.7 Å². The van der Waals surface area contributed by atoms with Crippen molar-refractivity contribution in [3.63, 3.8) is 0 Å². The summed E-state index contributed by atoms with van der Waals surface area (Å²) >= 11 is 0. The number of hydrogen-bond acceptors (Lipinski definition) is 5. The number of hydrogen-bond donors (Lipinski definition) is 1. The molecule has 1 N–H and O–H groups in total. The third-order valence-electron chi connectivity index (χ3n) is 3.56. The Balaban J connectivity index is 1.69. The van der Waals surface area contributed by atoms with E-state index in [1.165, 1.54) is 5.06 Å². The molecular weight excluding hydrogens is 298 g/mol. The molecule has 23 heavy (non-hydrogen) atoms. The number of rotatable bonds is 1. The van der Waals surface area contributed by atoms with Crippen LogP contribution in [0.4, 0.5) is 0 Å². The second kappa shape index (κ2) is 4.98. The fourth-order valence-corrected chi connectivity index (χ4v) is 2.52. The standard InChI is InChI=1S/C16H13N3O4/c1-9-6-14-18-16(20)11(15(17)19(14)23-9)7-10-2-3-12-13(8-10)22-5-4-21-12/h2-3,6-8,17H,4-5H2,1H3/b11-7+,17-15?. The van der Waals surface area contributed by atoms with Crippen LogP contribution < -0.4 is 9.47 Å². The van der Waals surface area contributed by atoms with Gasteiger partial charge >= 0.3 is 0 Å². The Morgan fingerprint density at radius 1 is 1.26 bits per heavy atom. The van der Waals surface area contributed by atoms with Crippen molar-refractivity contribution in [1.82, 2.24) is 5.06 Å². The third kappa shape index (κ3) is 2.26. The maximum atomic E-state index is 12.2. The minimum Gasteiger partial charge on any atom is -0.486 e. The molecule has 0 radical (unpaired) electrons. The Hall–Kier alpha value is -3.09. The van der Waals surface area contributed by atoms with Crippen LogP contribution in [0.1, 0.15) is 12.5 Å². The zero-order chi connectivity index (χ0) is 16.0. The SMILES string of the molecule is CC1=CC2=NC(=O)/C(=C/c3ccc4c(c3)OCCO4)C(=N)N2O1. The minimum atomic E-state index is -0.467. The molecule has 1 amide bonds. The number of amidine groups is 2. The Kier molecular flexibility index (Phi) is 2.94. The highest BCUT2D eigenvalue weighted by Crippen LogP contribution is 2.32. The predicted molar refractivity (Wildman–Crippen MR) is 82.3 cm³/mol. The summed E-state index contributed by atoms with van der Waals surface area (Å²) in [7, 11) is 0. The van der Waals surface area contributed by atoms with Crippen LogP contribution >= 0.6 is 0 Å². The fourth-order valence-electron chi connectivity index (χ4n) is 2.52. The number of aliphatic imine (C=N–C) groups is 1. The van der Waals surface area contributed by atoms with Gasteiger partial charge in [-0.3, -0.25) is 10.2 Å². The number of nitrogens with one attached hydrogen (secondary N) is 1. The second-order valence-electron chi connectivity index (χ2n) is 5.23. The van der Waals surface area contributed by atoms with E-state index in [9.17, 15) is 4.79 Å². The van der Waals surface area contributed by atoms with Crippen molar-refractivity contribution in [2.75, 3.05) is 13.2 Å². The molecule has 0 saturated carbocycles. The maximum Gasteiger partial charge on any atom is 0.282 e. The predicted octanol–water partition coefficient (Wildman–Crippen LogP) is 1.91. The molecule has 116 valence electrons. The van der Waals surface area contributed by atoms with Gasteiger partial charge in [0, 0.05) is 6.08 Å². The van der Waals surface area contributed by atoms with Crippen molar-refractivity contribution in [3.8, 4) is 11.5 Å². The number of benzene rings is 1. The van der Waals surface area contributed by atoms with Gasteiger partial charge in [0.25, 0.3) is 5.91 Å². The van der Waals surface area contributed by atoms with E-state index < -0.39 is 5.91 Å². The molecule has 0 spiro atoms. The number of ether oxygens (including phenoxy) is 2. The number of carbonyl (C=O) groups is 1. The summed E-state index contributed by atoms with van der Waals surface area (Å²) in [5, 5.41) is 9.41. The molecule has 1 aromatic rings. The highest BCUT2D eigenvalue weighted by molar-refractivity contribution is 6.32. The summed E-state index contributed by atoms with van der Waals surface area (Å²) in [6, 6.07) is 5.36. The van der Waals surface area contributed by atoms with Gasteiger partial charge in [0.05, 0.1) is 5.57 Å². The largest absolute Gasteiger partial charge is 0.486 e. The van der Waals surface area contributed by atoms with E-state index >= 15 is 0 Å². The molecule has 4 rings (SSSR count). The smallest absolute Gasteiger partial charge is 0.282 e. The molecule has 3 heterocycles. The zero-order valence-electron chi connectivity index (χ0n) is 12.3. The van der Waals surface area contributed by atoms with Gasteiger partial charge < -0.3 is 14.3 Å². The van der Waals surface area contributed by atoms with Crippen LogP contribution in [0.3, 0.4) is 0 Å². The summed E-state index contributed by atoms with van der Waals surface area (Å²) in [4.78, 5) is 21.5. The average molecular weight is 311 g/mol. The van der Waals surface area contributed by atoms with E-state index in [-0.39, 0.29) is 11.4 Å². The molecule has 3 aliphatic rings. The van der Waals surface area contributed by atoms with Crippen LogP contribution in [0.2, 0.25) is 0 Å². The monoisotopic (exact) mass is 311 g/mol. The van der Waals surface area contributed by atoms with E-state index in [2.05, 4.69) is 4.99 Å². The van der Waals surface area contributed by atoms with Crippen LogP contribution in [0.25, 0.3) is 6.08 Å². The summed E-state index contributed by atoms with van der Waals surface area (Å²) in [6.45, 7) is 2.75. The molecule has 0 aromatic heterocycles. The Bertz CT molecular complexity index is 823. The van der Waals surface area contributed by atoms with Gasteiger partial charge in [-0.2, -0.15) is 4.99 Å². The minimum absolute atomic E-state index is 0.0389. The molecule has 0 atom stereocenters. The van der Waals surface area contributed by atoms with E-state index in [1.54, 1.807) is 37.3 Å². The fraction of sp³-hybridized carbons (Fsp3) is 0.188. The van der Waals surface area contributed by atoms with Crippen molar-refractivity contribution in [1.29, 1.82) is 5.41 Å². The lowest BCUT2D eigenvalue weighted by atomic mass is 10.1. The van der Waals surface area contributed by atoms with E-state index in [4.69, 9.17) is 19.7 Å². The molecule has 0 aliphatic carbocycles.